The minimum atomic E-state index is -2.70. The molecule has 4 rings (SSSR count). The summed E-state index contributed by atoms with van der Waals surface area (Å²) in [5, 5.41) is 21.0. The maximum Gasteiger partial charge on any atom is 0.273 e. The summed E-state index contributed by atoms with van der Waals surface area (Å²) in [4.78, 5) is 29.6. The number of nitrogens with zero attached hydrogens (tertiary/aromatic N) is 8. The van der Waals surface area contributed by atoms with Gasteiger partial charge in [-0.25, -0.2) is 8.78 Å². The highest BCUT2D eigenvalue weighted by Crippen LogP contribution is 2.25. The van der Waals surface area contributed by atoms with Crippen LogP contribution in [-0.4, -0.2) is 77.2 Å². The first-order valence-electron chi connectivity index (χ1n) is 10.7. The zero-order chi connectivity index (χ0) is 24.0. The normalized spacial score (nSPS) is 15.0. The molecule has 3 aromatic heterocycles. The van der Waals surface area contributed by atoms with Gasteiger partial charge in [0, 0.05) is 19.3 Å². The van der Waals surface area contributed by atoms with E-state index >= 15 is 0 Å². The van der Waals surface area contributed by atoms with Crippen molar-refractivity contribution >= 4 is 17.6 Å². The fourth-order valence-electron chi connectivity index (χ4n) is 3.39. The Morgan fingerprint density at radius 2 is 1.76 bits per heavy atom. The number of halogens is 2. The number of likely N-dealkylation sites (tertiary alicyclic amines) is 1. The fraction of sp³-hybridized carbons (Fsp3) is 0.450. The van der Waals surface area contributed by atoms with Gasteiger partial charge in [-0.3, -0.25) is 28.8 Å². The number of aromatic nitrogens is 7. The average molecular weight is 474 g/mol. The third kappa shape index (κ3) is 6.60. The number of hydrogen-bond acceptors (Lipinski definition) is 8. The maximum atomic E-state index is 12.8. The van der Waals surface area contributed by atoms with Crippen LogP contribution in [0.25, 0.3) is 0 Å². The van der Waals surface area contributed by atoms with E-state index in [1.807, 2.05) is 12.1 Å². The average Bonchev–Trinajstić information content (AvgIpc) is 3.44. The molecule has 0 spiro atoms. The number of hydrogen-bond donors (Lipinski definition) is 2. The Morgan fingerprint density at radius 1 is 1.03 bits per heavy atom. The molecule has 0 atom stereocenters. The lowest BCUT2D eigenvalue weighted by atomic mass is 10.1. The third-order valence-corrected chi connectivity index (χ3v) is 5.04. The van der Waals surface area contributed by atoms with Gasteiger partial charge in [0.2, 0.25) is 5.91 Å². The lowest BCUT2D eigenvalue weighted by molar-refractivity contribution is -0.141. The minimum Gasteiger partial charge on any atom is -0.345 e. The van der Waals surface area contributed by atoms with E-state index in [2.05, 4.69) is 36.2 Å². The van der Waals surface area contributed by atoms with Gasteiger partial charge in [0.1, 0.15) is 0 Å². The largest absolute Gasteiger partial charge is 0.345 e. The summed E-state index contributed by atoms with van der Waals surface area (Å²) in [6.45, 7) is 0.517. The van der Waals surface area contributed by atoms with Gasteiger partial charge in [0.05, 0.1) is 44.3 Å². The predicted octanol–water partition coefficient (Wildman–Crippen LogP) is 0.564. The zero-order valence-electron chi connectivity index (χ0n) is 18.3. The number of carbonyl (C=O) groups is 2. The number of carbonyl (C=O) groups excluding carboxylic acids is 2. The molecular formula is C20H24F2N10O2. The standard InChI is InChI=1S/C20H24F2N10O2/c21-20(22)13-30(14-20)12-18(33)25-17-11-32(29-27-17)8-4-3-7-31-10-16(26-28-31)19(34)24-9-15-5-1-2-6-23-15/h1-2,5-6,10-11H,3-4,7-9,12-14H2,(H,24,34)(H,25,33). The Bertz CT molecular complexity index is 1110. The van der Waals surface area contributed by atoms with E-state index in [9.17, 15) is 18.4 Å². The van der Waals surface area contributed by atoms with Crippen LogP contribution in [0.2, 0.25) is 0 Å². The van der Waals surface area contributed by atoms with Crippen LogP contribution in [0, 0.1) is 0 Å². The molecule has 2 N–H and O–H groups in total. The van der Waals surface area contributed by atoms with Crippen molar-refractivity contribution in [1.29, 1.82) is 0 Å². The SMILES string of the molecule is O=C(CN1CC(F)(F)C1)Nc1cn(CCCCn2cc(C(=O)NCc3ccccn3)nn2)nn1. The van der Waals surface area contributed by atoms with E-state index in [1.54, 1.807) is 34.0 Å². The maximum absolute atomic E-state index is 12.8. The lowest BCUT2D eigenvalue weighted by Crippen LogP contribution is -2.57. The molecule has 1 fully saturated rings. The molecule has 34 heavy (non-hydrogen) atoms. The molecule has 2 amide bonds. The van der Waals surface area contributed by atoms with Crippen LogP contribution < -0.4 is 10.6 Å². The summed E-state index contributed by atoms with van der Waals surface area (Å²) >= 11 is 0. The minimum absolute atomic E-state index is 0.108. The van der Waals surface area contributed by atoms with Gasteiger partial charge in [-0.15, -0.1) is 10.2 Å². The molecule has 0 saturated carbocycles. The summed E-state index contributed by atoms with van der Waals surface area (Å²) in [5.74, 6) is -3.16. The summed E-state index contributed by atoms with van der Waals surface area (Å²) in [7, 11) is 0. The Labute approximate surface area is 193 Å². The van der Waals surface area contributed by atoms with Gasteiger partial charge < -0.3 is 10.6 Å². The van der Waals surface area contributed by atoms with E-state index in [0.29, 0.717) is 19.6 Å². The molecule has 180 valence electrons. The molecule has 0 bridgehead atoms. The van der Waals surface area contributed by atoms with Crippen molar-refractivity contribution in [2.75, 3.05) is 25.0 Å². The number of aryl methyl sites for hydroxylation is 2. The molecular weight excluding hydrogens is 450 g/mol. The van der Waals surface area contributed by atoms with Crippen molar-refractivity contribution in [3.8, 4) is 0 Å². The van der Waals surface area contributed by atoms with Crippen LogP contribution in [0.4, 0.5) is 14.6 Å². The van der Waals surface area contributed by atoms with Gasteiger partial charge in [0.15, 0.2) is 11.5 Å². The first-order chi connectivity index (χ1) is 16.4. The van der Waals surface area contributed by atoms with Gasteiger partial charge in [0.25, 0.3) is 11.8 Å². The molecule has 1 saturated heterocycles. The highest BCUT2D eigenvalue weighted by atomic mass is 19.3. The van der Waals surface area contributed by atoms with Crippen LogP contribution in [0.15, 0.2) is 36.8 Å². The smallest absolute Gasteiger partial charge is 0.273 e. The third-order valence-electron chi connectivity index (χ3n) is 5.04. The van der Waals surface area contributed by atoms with Crippen LogP contribution >= 0.6 is 0 Å². The second kappa shape index (κ2) is 10.4. The summed E-state index contributed by atoms with van der Waals surface area (Å²) < 4.78 is 28.8. The summed E-state index contributed by atoms with van der Waals surface area (Å²) in [6.07, 6.45) is 6.34. The number of alkyl halides is 2. The predicted molar refractivity (Wildman–Crippen MR) is 115 cm³/mol. The zero-order valence-corrected chi connectivity index (χ0v) is 18.3. The second-order valence-electron chi connectivity index (χ2n) is 7.99. The molecule has 3 aromatic rings. The van der Waals surface area contributed by atoms with Crippen LogP contribution in [0.5, 0.6) is 0 Å². The van der Waals surface area contributed by atoms with Gasteiger partial charge in [-0.05, 0) is 25.0 Å². The first kappa shape index (κ1) is 23.4. The molecule has 1 aliphatic rings. The quantitative estimate of drug-likeness (QED) is 0.385. The van der Waals surface area contributed by atoms with Gasteiger partial charge in [-0.1, -0.05) is 16.5 Å². The number of rotatable bonds is 11. The van der Waals surface area contributed by atoms with Crippen LogP contribution in [0.3, 0.4) is 0 Å². The van der Waals surface area contributed by atoms with E-state index in [0.717, 1.165) is 18.5 Å². The lowest BCUT2D eigenvalue weighted by Gasteiger charge is -2.37. The van der Waals surface area contributed by atoms with Gasteiger partial charge in [-0.2, -0.15) is 0 Å². The Kier molecular flexibility index (Phi) is 7.15. The molecule has 1 aliphatic heterocycles. The molecule has 4 heterocycles. The first-order valence-corrected chi connectivity index (χ1v) is 10.7. The number of unbranched alkanes of at least 4 members (excludes halogenated alkanes) is 1. The highest BCUT2D eigenvalue weighted by Gasteiger charge is 2.44. The summed E-state index contributed by atoms with van der Waals surface area (Å²) in [5.41, 5.74) is 0.981. The topological polar surface area (TPSA) is 136 Å². The molecule has 14 heteroatoms. The molecule has 0 aromatic carbocycles. The molecule has 0 radical (unpaired) electrons. The van der Waals surface area contributed by atoms with Crippen molar-refractivity contribution in [1.82, 2.24) is 45.2 Å². The van der Waals surface area contributed by atoms with E-state index in [4.69, 9.17) is 0 Å². The molecule has 12 nitrogen and oxygen atoms in total. The van der Waals surface area contributed by atoms with Crippen molar-refractivity contribution in [2.24, 2.45) is 0 Å². The number of pyridine rings is 1. The van der Waals surface area contributed by atoms with E-state index in [1.165, 1.54) is 4.90 Å². The number of nitrogens with one attached hydrogen (secondary N) is 2. The fourth-order valence-corrected chi connectivity index (χ4v) is 3.39. The van der Waals surface area contributed by atoms with E-state index in [-0.39, 0.29) is 24.0 Å². The van der Waals surface area contributed by atoms with E-state index < -0.39 is 24.9 Å². The Balaban J connectivity index is 1.13. The van der Waals surface area contributed by atoms with Gasteiger partial charge >= 0.3 is 0 Å². The van der Waals surface area contributed by atoms with Crippen LogP contribution in [0.1, 0.15) is 29.0 Å². The monoisotopic (exact) mass is 474 g/mol. The second-order valence-corrected chi connectivity index (χ2v) is 7.99. The molecule has 0 aliphatic carbocycles. The number of amides is 2. The van der Waals surface area contributed by atoms with Crippen LogP contribution in [-0.2, 0) is 24.4 Å². The number of anilines is 1. The van der Waals surface area contributed by atoms with Crippen molar-refractivity contribution in [2.45, 2.75) is 38.4 Å². The highest BCUT2D eigenvalue weighted by molar-refractivity contribution is 5.92. The molecule has 0 unspecified atom stereocenters. The van der Waals surface area contributed by atoms with Crippen molar-refractivity contribution < 1.29 is 18.4 Å². The Hall–Kier alpha value is -3.81. The van der Waals surface area contributed by atoms with Crippen molar-refractivity contribution in [3.05, 3.63) is 48.2 Å². The summed E-state index contributed by atoms with van der Waals surface area (Å²) in [6, 6.07) is 5.47. The Morgan fingerprint density at radius 3 is 2.47 bits per heavy atom. The van der Waals surface area contributed by atoms with Crippen molar-refractivity contribution in [3.63, 3.8) is 0 Å².